The Hall–Kier alpha value is -5.73. The van der Waals surface area contributed by atoms with E-state index in [4.69, 9.17) is 5.73 Å². The third kappa shape index (κ3) is 7.08. The number of fused-ring (bicyclic) bond motifs is 1. The summed E-state index contributed by atoms with van der Waals surface area (Å²) in [4.78, 5) is 34.6. The number of benzene rings is 2. The van der Waals surface area contributed by atoms with Crippen LogP contribution in [0.3, 0.4) is 0 Å². The van der Waals surface area contributed by atoms with Crippen LogP contribution in [0.4, 0.5) is 11.6 Å². The molecule has 0 radical (unpaired) electrons. The molecule has 5 aromatic rings. The van der Waals surface area contributed by atoms with E-state index in [-0.39, 0.29) is 16.9 Å². The highest BCUT2D eigenvalue weighted by atomic mass is 16.2. The van der Waals surface area contributed by atoms with E-state index in [0.717, 1.165) is 31.7 Å². The van der Waals surface area contributed by atoms with Crippen molar-refractivity contribution in [3.63, 3.8) is 0 Å². The van der Waals surface area contributed by atoms with E-state index in [1.54, 1.807) is 17.8 Å². The van der Waals surface area contributed by atoms with Gasteiger partial charge in [0.1, 0.15) is 5.56 Å². The number of nitrogens with two attached hydrogens (primary N) is 1. The van der Waals surface area contributed by atoms with E-state index in [1.165, 1.54) is 17.0 Å². The summed E-state index contributed by atoms with van der Waals surface area (Å²) >= 11 is 0. The zero-order valence-electron chi connectivity index (χ0n) is 27.1. The summed E-state index contributed by atoms with van der Waals surface area (Å²) in [5.41, 5.74) is 8.61. The second kappa shape index (κ2) is 14.6. The number of allylic oxidation sites excluding steroid dienone is 1. The Morgan fingerprint density at radius 3 is 2.64 bits per heavy atom. The number of likely N-dealkylation sites (N-methyl/N-ethyl adjacent to an activating group) is 1. The number of hydrogen-bond acceptors (Lipinski definition) is 7. The molecule has 2 aromatic carbocycles. The average Bonchev–Trinajstić information content (AvgIpc) is 3.65. The summed E-state index contributed by atoms with van der Waals surface area (Å²) in [7, 11) is 1.66. The van der Waals surface area contributed by atoms with Crippen molar-refractivity contribution in [2.24, 2.45) is 12.0 Å². The topological polar surface area (TPSA) is 128 Å². The molecule has 11 heteroatoms. The first kappa shape index (κ1) is 32.7. The number of nitrogen functional groups attached to an aromatic ring is 1. The van der Waals surface area contributed by atoms with E-state index in [1.807, 2.05) is 72.4 Å². The number of rotatable bonds is 11. The number of carbonyl (C=O) groups is 1. The number of hydrogen-bond donors (Lipinski definition) is 2. The highest BCUT2D eigenvalue weighted by Gasteiger charge is 2.25. The molecule has 5 rings (SSSR count). The lowest BCUT2D eigenvalue weighted by atomic mass is 10.0. The highest BCUT2D eigenvalue weighted by molar-refractivity contribution is 6.03. The van der Waals surface area contributed by atoms with Crippen LogP contribution in [0.5, 0.6) is 0 Å². The molecule has 1 atom stereocenters. The maximum Gasteiger partial charge on any atom is 0.264 e. The molecule has 11 nitrogen and oxygen atoms in total. The van der Waals surface area contributed by atoms with Crippen LogP contribution in [0.1, 0.15) is 54.0 Å². The van der Waals surface area contributed by atoms with E-state index in [9.17, 15) is 9.59 Å². The standard InChI is InChI=1S/C36H39N9O2/c1-6-19-38-34-32(33(37)41-42(34)5)35(46)40-25(4)30-22-28-14-12-13-27(31(28)36(47)45(30)29-15-10-9-11-16-29)18-17-26-23-39-44(24-26)21-20-43(7-2)8-3/h6,9-16,19,22-25H,1,7-8,20-21H2,2-5H3,(H2,37,41)(H,40,46)/b38-19-. The van der Waals surface area contributed by atoms with E-state index >= 15 is 0 Å². The van der Waals surface area contributed by atoms with Gasteiger partial charge in [-0.15, -0.1) is 0 Å². The third-order valence-electron chi connectivity index (χ3n) is 7.97. The fraction of sp³-hybridized carbons (Fsp3) is 0.250. The summed E-state index contributed by atoms with van der Waals surface area (Å²) in [6.45, 7) is 13.4. The molecule has 0 aliphatic carbocycles. The van der Waals surface area contributed by atoms with Crippen LogP contribution in [0, 0.1) is 11.8 Å². The average molecular weight is 630 g/mol. The molecule has 0 saturated heterocycles. The third-order valence-corrected chi connectivity index (χ3v) is 7.97. The fourth-order valence-electron chi connectivity index (χ4n) is 5.49. The molecule has 1 amide bonds. The number of nitrogens with zero attached hydrogens (tertiary/aromatic N) is 7. The summed E-state index contributed by atoms with van der Waals surface area (Å²) in [5, 5.41) is 12.8. The number of para-hydroxylation sites is 1. The number of amides is 1. The lowest BCUT2D eigenvalue weighted by Gasteiger charge is -2.21. The molecule has 0 aliphatic heterocycles. The fourth-order valence-corrected chi connectivity index (χ4v) is 5.49. The predicted octanol–water partition coefficient (Wildman–Crippen LogP) is 4.62. The predicted molar refractivity (Wildman–Crippen MR) is 187 cm³/mol. The molecule has 0 spiro atoms. The number of pyridine rings is 1. The van der Waals surface area contributed by atoms with Gasteiger partial charge in [0.25, 0.3) is 11.5 Å². The van der Waals surface area contributed by atoms with Crippen molar-refractivity contribution in [3.05, 3.63) is 112 Å². The Balaban J connectivity index is 1.54. The molecule has 0 aliphatic rings. The minimum Gasteiger partial charge on any atom is -0.381 e. The molecule has 0 bridgehead atoms. The van der Waals surface area contributed by atoms with E-state index in [2.05, 4.69) is 57.7 Å². The van der Waals surface area contributed by atoms with Gasteiger partial charge < -0.3 is 16.0 Å². The minimum atomic E-state index is -0.604. The lowest BCUT2D eigenvalue weighted by molar-refractivity contribution is 0.0940. The van der Waals surface area contributed by atoms with Gasteiger partial charge in [0.2, 0.25) is 0 Å². The lowest BCUT2D eigenvalue weighted by Crippen LogP contribution is -2.32. The van der Waals surface area contributed by atoms with Crippen molar-refractivity contribution in [2.45, 2.75) is 33.4 Å². The van der Waals surface area contributed by atoms with Gasteiger partial charge in [-0.25, -0.2) is 9.67 Å². The van der Waals surface area contributed by atoms with Gasteiger partial charge in [-0.3, -0.25) is 18.8 Å². The van der Waals surface area contributed by atoms with Gasteiger partial charge in [0, 0.05) is 42.9 Å². The summed E-state index contributed by atoms with van der Waals surface area (Å²) in [6.07, 6.45) is 6.64. The van der Waals surface area contributed by atoms with Crippen molar-refractivity contribution in [2.75, 3.05) is 25.4 Å². The smallest absolute Gasteiger partial charge is 0.264 e. The van der Waals surface area contributed by atoms with Gasteiger partial charge >= 0.3 is 0 Å². The summed E-state index contributed by atoms with van der Waals surface area (Å²) in [5.74, 6) is 6.29. The Morgan fingerprint density at radius 2 is 1.91 bits per heavy atom. The molecule has 47 heavy (non-hydrogen) atoms. The number of aliphatic imine (C=N–C) groups is 1. The van der Waals surface area contributed by atoms with Crippen molar-refractivity contribution >= 4 is 34.5 Å². The molecule has 3 aromatic heterocycles. The van der Waals surface area contributed by atoms with Crippen LogP contribution in [-0.2, 0) is 13.6 Å². The Bertz CT molecular complexity index is 2060. The molecular formula is C36H39N9O2. The second-order valence-corrected chi connectivity index (χ2v) is 11.0. The number of carbonyl (C=O) groups excluding carboxylic acids is 1. The Kier molecular flexibility index (Phi) is 10.1. The summed E-state index contributed by atoms with van der Waals surface area (Å²) < 4.78 is 4.95. The van der Waals surface area contributed by atoms with Gasteiger partial charge in [-0.1, -0.05) is 68.7 Å². The van der Waals surface area contributed by atoms with Crippen LogP contribution in [0.25, 0.3) is 16.5 Å². The normalized spacial score (nSPS) is 11.9. The van der Waals surface area contributed by atoms with Crippen molar-refractivity contribution < 1.29 is 4.79 Å². The first-order valence-electron chi connectivity index (χ1n) is 15.5. The number of nitrogens with one attached hydrogen (secondary N) is 1. The molecule has 1 unspecified atom stereocenters. The van der Waals surface area contributed by atoms with Gasteiger partial charge in [0.15, 0.2) is 11.6 Å². The number of aryl methyl sites for hydroxylation is 1. The van der Waals surface area contributed by atoms with Crippen molar-refractivity contribution in [3.8, 4) is 17.5 Å². The van der Waals surface area contributed by atoms with Gasteiger partial charge in [-0.2, -0.15) is 10.2 Å². The van der Waals surface area contributed by atoms with Crippen molar-refractivity contribution in [1.82, 2.24) is 34.3 Å². The zero-order chi connectivity index (χ0) is 33.5. The summed E-state index contributed by atoms with van der Waals surface area (Å²) in [6, 6.07) is 16.2. The minimum absolute atomic E-state index is 0.0463. The SMILES string of the molecule is C=C/C=N\c1c(C(=O)NC(C)c2cc3cccc(C#Cc4cnn(CCN(CC)CC)c4)c3c(=O)n2-c2ccccc2)c(N)nn1C. The monoisotopic (exact) mass is 629 g/mol. The van der Waals surface area contributed by atoms with Crippen LogP contribution in [0.2, 0.25) is 0 Å². The molecule has 0 saturated carbocycles. The number of aromatic nitrogens is 5. The van der Waals surface area contributed by atoms with Crippen LogP contribution in [-0.4, -0.2) is 60.8 Å². The van der Waals surface area contributed by atoms with Crippen LogP contribution < -0.4 is 16.6 Å². The van der Waals surface area contributed by atoms with Gasteiger partial charge in [0.05, 0.1) is 29.7 Å². The van der Waals surface area contributed by atoms with Crippen LogP contribution in [0.15, 0.2) is 89.4 Å². The Labute approximate surface area is 274 Å². The maximum atomic E-state index is 14.4. The largest absolute Gasteiger partial charge is 0.381 e. The maximum absolute atomic E-state index is 14.4. The molecule has 240 valence electrons. The van der Waals surface area contributed by atoms with E-state index in [0.29, 0.717) is 33.5 Å². The quantitative estimate of drug-likeness (QED) is 0.162. The molecule has 0 fully saturated rings. The molecule has 3 heterocycles. The Morgan fingerprint density at radius 1 is 1.15 bits per heavy atom. The van der Waals surface area contributed by atoms with Gasteiger partial charge in [-0.05, 0) is 49.7 Å². The molecular weight excluding hydrogens is 590 g/mol. The zero-order valence-corrected chi connectivity index (χ0v) is 27.1. The van der Waals surface area contributed by atoms with E-state index < -0.39 is 11.9 Å². The first-order valence-corrected chi connectivity index (χ1v) is 15.5. The first-order chi connectivity index (χ1) is 22.7. The number of anilines is 1. The van der Waals surface area contributed by atoms with Crippen molar-refractivity contribution in [1.29, 1.82) is 0 Å². The molecule has 3 N–H and O–H groups in total. The second-order valence-electron chi connectivity index (χ2n) is 11.0. The highest BCUT2D eigenvalue weighted by Crippen LogP contribution is 2.27. The van der Waals surface area contributed by atoms with Crippen LogP contribution >= 0.6 is 0 Å².